The van der Waals surface area contributed by atoms with Gasteiger partial charge in [-0.15, -0.1) is 0 Å². The minimum absolute atomic E-state index is 0.162. The SMILES string of the molecule is CCN(CC)CCN(C(=O)c1cc(Cl)ccc1OC)c1nc2ccccc2s1. The number of aromatic nitrogens is 1. The molecule has 0 saturated heterocycles. The van der Waals surface area contributed by atoms with Crippen molar-refractivity contribution in [3.8, 4) is 5.75 Å². The molecule has 148 valence electrons. The Hall–Kier alpha value is -2.15. The molecule has 0 radical (unpaired) electrons. The highest BCUT2D eigenvalue weighted by Crippen LogP contribution is 2.31. The number of rotatable bonds is 8. The van der Waals surface area contributed by atoms with Gasteiger partial charge in [-0.1, -0.05) is 48.9 Å². The molecule has 0 atom stereocenters. The lowest BCUT2D eigenvalue weighted by atomic mass is 10.1. The highest BCUT2D eigenvalue weighted by Gasteiger charge is 2.24. The summed E-state index contributed by atoms with van der Waals surface area (Å²) < 4.78 is 6.45. The third-order valence-electron chi connectivity index (χ3n) is 4.68. The van der Waals surface area contributed by atoms with Crippen molar-refractivity contribution in [2.45, 2.75) is 13.8 Å². The Kier molecular flexibility index (Phi) is 6.88. The second-order valence-corrected chi connectivity index (χ2v) is 7.74. The Bertz CT molecular complexity index is 923. The van der Waals surface area contributed by atoms with Crippen molar-refractivity contribution in [1.29, 1.82) is 0 Å². The summed E-state index contributed by atoms with van der Waals surface area (Å²) in [4.78, 5) is 22.2. The number of methoxy groups -OCH3 is 1. The second-order valence-electron chi connectivity index (χ2n) is 6.29. The van der Waals surface area contributed by atoms with Crippen molar-refractivity contribution in [3.05, 3.63) is 53.1 Å². The van der Waals surface area contributed by atoms with Gasteiger partial charge in [-0.05, 0) is 43.4 Å². The molecule has 0 aliphatic carbocycles. The monoisotopic (exact) mass is 417 g/mol. The number of ether oxygens (including phenoxy) is 1. The van der Waals surface area contributed by atoms with E-state index in [4.69, 9.17) is 21.3 Å². The summed E-state index contributed by atoms with van der Waals surface area (Å²) in [6.45, 7) is 7.39. The number of carbonyl (C=O) groups is 1. The Balaban J connectivity index is 2.00. The topological polar surface area (TPSA) is 45.7 Å². The molecule has 3 aromatic rings. The average Bonchev–Trinajstić information content (AvgIpc) is 3.14. The van der Waals surface area contributed by atoms with Crippen molar-refractivity contribution in [3.63, 3.8) is 0 Å². The summed E-state index contributed by atoms with van der Waals surface area (Å²) in [5, 5.41) is 1.18. The van der Waals surface area contributed by atoms with Crippen molar-refractivity contribution < 1.29 is 9.53 Å². The van der Waals surface area contributed by atoms with Crippen LogP contribution in [-0.2, 0) is 0 Å². The molecule has 0 N–H and O–H groups in total. The maximum absolute atomic E-state index is 13.5. The number of fused-ring (bicyclic) bond motifs is 1. The van der Waals surface area contributed by atoms with E-state index in [0.29, 0.717) is 28.0 Å². The zero-order valence-corrected chi connectivity index (χ0v) is 17.9. The van der Waals surface area contributed by atoms with Gasteiger partial charge in [-0.2, -0.15) is 0 Å². The van der Waals surface area contributed by atoms with Crippen LogP contribution in [-0.4, -0.2) is 49.1 Å². The van der Waals surface area contributed by atoms with Crippen molar-refractivity contribution >= 4 is 44.2 Å². The van der Waals surface area contributed by atoms with Gasteiger partial charge in [-0.25, -0.2) is 4.98 Å². The van der Waals surface area contributed by atoms with Crippen LogP contribution in [0.5, 0.6) is 5.75 Å². The molecule has 0 aliphatic rings. The van der Waals surface area contributed by atoms with E-state index in [0.717, 1.165) is 29.9 Å². The summed E-state index contributed by atoms with van der Waals surface area (Å²) in [6.07, 6.45) is 0. The third kappa shape index (κ3) is 4.46. The van der Waals surface area contributed by atoms with Crippen molar-refractivity contribution in [1.82, 2.24) is 9.88 Å². The van der Waals surface area contributed by atoms with Crippen LogP contribution >= 0.6 is 22.9 Å². The van der Waals surface area contributed by atoms with Gasteiger partial charge in [0.2, 0.25) is 0 Å². The van der Waals surface area contributed by atoms with E-state index in [2.05, 4.69) is 18.7 Å². The standard InChI is InChI=1S/C21H24ClN3O2S/c1-4-24(5-2)12-13-25(21-23-17-8-6-7-9-19(17)28-21)20(26)16-14-15(22)10-11-18(16)27-3/h6-11,14H,4-5,12-13H2,1-3H3. The van der Waals surface area contributed by atoms with E-state index >= 15 is 0 Å². The Morgan fingerprint density at radius 2 is 1.89 bits per heavy atom. The molecule has 1 heterocycles. The van der Waals surface area contributed by atoms with E-state index in [-0.39, 0.29) is 5.91 Å². The average molecular weight is 418 g/mol. The number of anilines is 1. The zero-order valence-electron chi connectivity index (χ0n) is 16.3. The maximum Gasteiger partial charge on any atom is 0.263 e. The first-order valence-corrected chi connectivity index (χ1v) is 10.5. The van der Waals surface area contributed by atoms with Crippen LogP contribution in [0.25, 0.3) is 10.2 Å². The van der Waals surface area contributed by atoms with Gasteiger partial charge in [0.25, 0.3) is 5.91 Å². The smallest absolute Gasteiger partial charge is 0.263 e. The van der Waals surface area contributed by atoms with E-state index in [1.165, 1.54) is 11.3 Å². The van der Waals surface area contributed by atoms with Gasteiger partial charge in [0.15, 0.2) is 5.13 Å². The number of hydrogen-bond donors (Lipinski definition) is 0. The molecule has 0 aliphatic heterocycles. The number of halogens is 1. The van der Waals surface area contributed by atoms with Crippen LogP contribution in [0, 0.1) is 0 Å². The number of benzene rings is 2. The molecule has 0 fully saturated rings. The van der Waals surface area contributed by atoms with Gasteiger partial charge < -0.3 is 9.64 Å². The lowest BCUT2D eigenvalue weighted by Gasteiger charge is -2.25. The number of para-hydroxylation sites is 1. The van der Waals surface area contributed by atoms with Crippen LogP contribution in [0.4, 0.5) is 5.13 Å². The van der Waals surface area contributed by atoms with Gasteiger partial charge in [0.1, 0.15) is 5.75 Å². The number of thiazole rings is 1. The van der Waals surface area contributed by atoms with Crippen molar-refractivity contribution in [2.75, 3.05) is 38.2 Å². The predicted molar refractivity (Wildman–Crippen MR) is 117 cm³/mol. The summed E-state index contributed by atoms with van der Waals surface area (Å²) in [5.74, 6) is 0.342. The Labute approximate surface area is 174 Å². The predicted octanol–water partition coefficient (Wildman–Crippen LogP) is 4.95. The molecule has 7 heteroatoms. The molecular formula is C21H24ClN3O2S. The lowest BCUT2D eigenvalue weighted by molar-refractivity contribution is 0.0981. The van der Waals surface area contributed by atoms with E-state index < -0.39 is 0 Å². The van der Waals surface area contributed by atoms with Crippen LogP contribution in [0.15, 0.2) is 42.5 Å². The largest absolute Gasteiger partial charge is 0.496 e. The number of hydrogen-bond acceptors (Lipinski definition) is 5. The van der Waals surface area contributed by atoms with Gasteiger partial charge in [-0.3, -0.25) is 9.69 Å². The number of likely N-dealkylation sites (N-methyl/N-ethyl adjacent to an activating group) is 1. The molecule has 5 nitrogen and oxygen atoms in total. The first kappa shape index (κ1) is 20.6. The highest BCUT2D eigenvalue weighted by molar-refractivity contribution is 7.22. The van der Waals surface area contributed by atoms with E-state index in [1.807, 2.05) is 24.3 Å². The van der Waals surface area contributed by atoms with Crippen LogP contribution < -0.4 is 9.64 Å². The van der Waals surface area contributed by atoms with E-state index in [1.54, 1.807) is 30.2 Å². The fourth-order valence-corrected chi connectivity index (χ4v) is 4.20. The molecule has 1 amide bonds. The Morgan fingerprint density at radius 3 is 2.57 bits per heavy atom. The van der Waals surface area contributed by atoms with Gasteiger partial charge in [0.05, 0.1) is 22.9 Å². The summed E-state index contributed by atoms with van der Waals surface area (Å²) in [6, 6.07) is 13.0. The molecule has 0 spiro atoms. The molecule has 0 saturated carbocycles. The molecule has 0 bridgehead atoms. The van der Waals surface area contributed by atoms with Crippen LogP contribution in [0.2, 0.25) is 5.02 Å². The molecular weight excluding hydrogens is 394 g/mol. The number of nitrogens with zero attached hydrogens (tertiary/aromatic N) is 3. The minimum Gasteiger partial charge on any atom is -0.496 e. The minimum atomic E-state index is -0.162. The molecule has 1 aromatic heterocycles. The summed E-state index contributed by atoms with van der Waals surface area (Å²) in [5.41, 5.74) is 1.33. The highest BCUT2D eigenvalue weighted by atomic mass is 35.5. The van der Waals surface area contributed by atoms with Crippen LogP contribution in [0.3, 0.4) is 0 Å². The van der Waals surface area contributed by atoms with Crippen molar-refractivity contribution in [2.24, 2.45) is 0 Å². The Morgan fingerprint density at radius 1 is 1.14 bits per heavy atom. The van der Waals surface area contributed by atoms with Gasteiger partial charge >= 0.3 is 0 Å². The summed E-state index contributed by atoms with van der Waals surface area (Å²) in [7, 11) is 1.55. The molecule has 28 heavy (non-hydrogen) atoms. The number of carbonyl (C=O) groups excluding carboxylic acids is 1. The zero-order chi connectivity index (χ0) is 20.1. The first-order valence-electron chi connectivity index (χ1n) is 9.30. The third-order valence-corrected chi connectivity index (χ3v) is 5.98. The quantitative estimate of drug-likeness (QED) is 0.520. The fraction of sp³-hybridized carbons (Fsp3) is 0.333. The molecule has 3 rings (SSSR count). The summed E-state index contributed by atoms with van der Waals surface area (Å²) >= 11 is 7.67. The van der Waals surface area contributed by atoms with E-state index in [9.17, 15) is 4.79 Å². The lowest BCUT2D eigenvalue weighted by Crippen LogP contribution is -2.39. The molecule has 2 aromatic carbocycles. The first-order chi connectivity index (χ1) is 13.6. The second kappa shape index (κ2) is 9.37. The van der Waals surface area contributed by atoms with Gasteiger partial charge in [0, 0.05) is 18.1 Å². The normalized spacial score (nSPS) is 11.2. The molecule has 0 unspecified atom stereocenters. The van der Waals surface area contributed by atoms with Crippen LogP contribution in [0.1, 0.15) is 24.2 Å². The fourth-order valence-electron chi connectivity index (χ4n) is 3.03. The number of amides is 1. The maximum atomic E-state index is 13.5.